The van der Waals surface area contributed by atoms with E-state index in [4.69, 9.17) is 0 Å². The van der Waals surface area contributed by atoms with Gasteiger partial charge in [0.1, 0.15) is 0 Å². The number of nitro benzene ring substituents is 2. The zero-order valence-corrected chi connectivity index (χ0v) is 16.2. The van der Waals surface area contributed by atoms with Crippen LogP contribution in [0.4, 0.5) is 17.1 Å². The van der Waals surface area contributed by atoms with Gasteiger partial charge in [-0.15, -0.1) is 0 Å². The van der Waals surface area contributed by atoms with Crippen molar-refractivity contribution < 1.29 is 9.85 Å². The smallest absolute Gasteiger partial charge is 0.269 e. The summed E-state index contributed by atoms with van der Waals surface area (Å²) in [6, 6.07) is 20.4. The molecule has 0 atom stereocenters. The number of rotatable bonds is 7. The molecule has 1 aromatic heterocycles. The number of benzene rings is 3. The summed E-state index contributed by atoms with van der Waals surface area (Å²) in [5.74, 6) is 0. The monoisotopic (exact) mass is 415 g/mol. The van der Waals surface area contributed by atoms with E-state index in [9.17, 15) is 20.2 Å². The highest BCUT2D eigenvalue weighted by Crippen LogP contribution is 2.22. The summed E-state index contributed by atoms with van der Waals surface area (Å²) < 4.78 is 2.06. The lowest BCUT2D eigenvalue weighted by Crippen LogP contribution is -1.98. The van der Waals surface area contributed by atoms with Gasteiger partial charge in [0.25, 0.3) is 11.4 Å². The molecule has 0 amide bonds. The molecule has 4 rings (SSSR count). The molecule has 1 N–H and O–H groups in total. The minimum absolute atomic E-state index is 0.0174. The number of nitro groups is 2. The zero-order chi connectivity index (χ0) is 21.8. The molecule has 0 fully saturated rings. The van der Waals surface area contributed by atoms with E-state index in [0.717, 1.165) is 22.0 Å². The Morgan fingerprint density at radius 2 is 1.48 bits per heavy atom. The van der Waals surface area contributed by atoms with Gasteiger partial charge in [0.15, 0.2) is 0 Å². The molecule has 0 radical (unpaired) electrons. The lowest BCUT2D eigenvalue weighted by Gasteiger charge is -2.05. The fourth-order valence-corrected chi connectivity index (χ4v) is 3.26. The van der Waals surface area contributed by atoms with Crippen LogP contribution in [0.1, 0.15) is 11.1 Å². The second-order valence-corrected chi connectivity index (χ2v) is 6.83. The van der Waals surface area contributed by atoms with Gasteiger partial charge in [-0.2, -0.15) is 5.10 Å². The standard InChI is InChI=1S/C22H17N5O4/c28-26(29)19-9-5-16(6-10-19)14-25-15-17(21-3-1-2-4-22(21)25)13-23-24-18-7-11-20(12-8-18)27(30)31/h1-13,15,24H,14H2/b23-13+. The highest BCUT2D eigenvalue weighted by atomic mass is 16.6. The zero-order valence-electron chi connectivity index (χ0n) is 16.2. The third kappa shape index (κ3) is 4.40. The van der Waals surface area contributed by atoms with Crippen LogP contribution in [-0.4, -0.2) is 20.6 Å². The van der Waals surface area contributed by atoms with Crippen LogP contribution in [0.2, 0.25) is 0 Å². The molecule has 0 bridgehead atoms. The van der Waals surface area contributed by atoms with E-state index in [-0.39, 0.29) is 11.4 Å². The van der Waals surface area contributed by atoms with E-state index < -0.39 is 9.85 Å². The van der Waals surface area contributed by atoms with E-state index in [1.807, 2.05) is 30.5 Å². The van der Waals surface area contributed by atoms with Gasteiger partial charge in [-0.25, -0.2) is 0 Å². The number of nitrogens with zero attached hydrogens (tertiary/aromatic N) is 4. The maximum absolute atomic E-state index is 10.8. The second-order valence-electron chi connectivity index (χ2n) is 6.83. The minimum Gasteiger partial charge on any atom is -0.342 e. The lowest BCUT2D eigenvalue weighted by molar-refractivity contribution is -0.385. The Kier molecular flexibility index (Phi) is 5.39. The Morgan fingerprint density at radius 3 is 2.13 bits per heavy atom. The summed E-state index contributed by atoms with van der Waals surface area (Å²) in [4.78, 5) is 20.7. The third-order valence-corrected chi connectivity index (χ3v) is 4.79. The summed E-state index contributed by atoms with van der Waals surface area (Å²) in [5, 5.41) is 26.9. The number of nitrogens with one attached hydrogen (secondary N) is 1. The Bertz CT molecular complexity index is 1280. The van der Waals surface area contributed by atoms with Crippen molar-refractivity contribution >= 4 is 34.2 Å². The van der Waals surface area contributed by atoms with E-state index >= 15 is 0 Å². The van der Waals surface area contributed by atoms with Gasteiger partial charge in [0, 0.05) is 53.5 Å². The molecule has 0 aliphatic heterocycles. The number of hydrogen-bond donors (Lipinski definition) is 1. The average molecular weight is 415 g/mol. The van der Waals surface area contributed by atoms with Gasteiger partial charge in [-0.1, -0.05) is 30.3 Å². The second kappa shape index (κ2) is 8.46. The maximum Gasteiger partial charge on any atom is 0.269 e. The van der Waals surface area contributed by atoms with E-state index in [2.05, 4.69) is 15.1 Å². The molecule has 0 aliphatic carbocycles. The van der Waals surface area contributed by atoms with Crippen LogP contribution < -0.4 is 5.43 Å². The van der Waals surface area contributed by atoms with Crippen molar-refractivity contribution in [2.24, 2.45) is 5.10 Å². The SMILES string of the molecule is O=[N+]([O-])c1ccc(Cn2cc(/C=N/Nc3ccc([N+](=O)[O-])cc3)c3ccccc32)cc1. The van der Waals surface area contributed by atoms with Gasteiger partial charge in [0.2, 0.25) is 0 Å². The van der Waals surface area contributed by atoms with Gasteiger partial charge in [0.05, 0.1) is 21.7 Å². The first-order valence-corrected chi connectivity index (χ1v) is 9.36. The molecular formula is C22H17N5O4. The Balaban J connectivity index is 1.55. The molecule has 0 saturated heterocycles. The molecule has 154 valence electrons. The van der Waals surface area contributed by atoms with Crippen LogP contribution in [0.15, 0.2) is 84.1 Å². The van der Waals surface area contributed by atoms with Crippen LogP contribution in [0, 0.1) is 20.2 Å². The van der Waals surface area contributed by atoms with Crippen molar-refractivity contribution in [2.45, 2.75) is 6.54 Å². The molecule has 0 aliphatic rings. The van der Waals surface area contributed by atoms with Crippen LogP contribution in [-0.2, 0) is 6.54 Å². The number of anilines is 1. The fourth-order valence-electron chi connectivity index (χ4n) is 3.26. The summed E-state index contributed by atoms with van der Waals surface area (Å²) in [5.41, 5.74) is 6.44. The van der Waals surface area contributed by atoms with E-state index in [0.29, 0.717) is 12.2 Å². The molecule has 31 heavy (non-hydrogen) atoms. The molecule has 3 aromatic carbocycles. The molecule has 1 heterocycles. The average Bonchev–Trinajstić information content (AvgIpc) is 3.12. The first-order chi connectivity index (χ1) is 15.0. The van der Waals surface area contributed by atoms with Crippen molar-refractivity contribution in [1.82, 2.24) is 4.57 Å². The minimum atomic E-state index is -0.452. The van der Waals surface area contributed by atoms with Gasteiger partial charge in [-0.05, 0) is 23.8 Å². The fraction of sp³-hybridized carbons (Fsp3) is 0.0455. The van der Waals surface area contributed by atoms with Crippen molar-refractivity contribution in [2.75, 3.05) is 5.43 Å². The van der Waals surface area contributed by atoms with Crippen molar-refractivity contribution in [3.8, 4) is 0 Å². The molecule has 9 heteroatoms. The van der Waals surface area contributed by atoms with Crippen LogP contribution in [0.5, 0.6) is 0 Å². The lowest BCUT2D eigenvalue weighted by atomic mass is 10.2. The molecule has 0 saturated carbocycles. The number of hydrazone groups is 1. The topological polar surface area (TPSA) is 116 Å². The van der Waals surface area contributed by atoms with Crippen LogP contribution >= 0.6 is 0 Å². The molecule has 0 unspecified atom stereocenters. The number of aromatic nitrogens is 1. The van der Waals surface area contributed by atoms with Crippen molar-refractivity contribution in [3.05, 3.63) is 110 Å². The predicted octanol–water partition coefficient (Wildman–Crippen LogP) is 4.95. The molecular weight excluding hydrogens is 398 g/mol. The molecule has 0 spiro atoms. The largest absolute Gasteiger partial charge is 0.342 e. The van der Waals surface area contributed by atoms with Crippen LogP contribution in [0.3, 0.4) is 0 Å². The van der Waals surface area contributed by atoms with Crippen LogP contribution in [0.25, 0.3) is 10.9 Å². The number of hydrogen-bond acceptors (Lipinski definition) is 6. The van der Waals surface area contributed by atoms with Gasteiger partial charge < -0.3 is 4.57 Å². The first-order valence-electron chi connectivity index (χ1n) is 9.36. The molecule has 4 aromatic rings. The predicted molar refractivity (Wildman–Crippen MR) is 118 cm³/mol. The van der Waals surface area contributed by atoms with Gasteiger partial charge in [-0.3, -0.25) is 25.7 Å². The number of non-ortho nitro benzene ring substituents is 2. The van der Waals surface area contributed by atoms with Gasteiger partial charge >= 0.3 is 0 Å². The summed E-state index contributed by atoms with van der Waals surface area (Å²) >= 11 is 0. The van der Waals surface area contributed by atoms with E-state index in [1.165, 1.54) is 24.3 Å². The summed E-state index contributed by atoms with van der Waals surface area (Å²) in [7, 11) is 0. The van der Waals surface area contributed by atoms with E-state index in [1.54, 1.807) is 30.5 Å². The number of fused-ring (bicyclic) bond motifs is 1. The maximum atomic E-state index is 10.8. The summed E-state index contributed by atoms with van der Waals surface area (Å²) in [6.45, 7) is 0.558. The third-order valence-electron chi connectivity index (χ3n) is 4.79. The Morgan fingerprint density at radius 1 is 0.871 bits per heavy atom. The Hall–Kier alpha value is -4.53. The summed E-state index contributed by atoms with van der Waals surface area (Å²) in [6.07, 6.45) is 3.66. The highest BCUT2D eigenvalue weighted by Gasteiger charge is 2.09. The number of para-hydroxylation sites is 1. The highest BCUT2D eigenvalue weighted by molar-refractivity contribution is 5.99. The first kappa shape index (κ1) is 19.8. The van der Waals surface area contributed by atoms with Crippen molar-refractivity contribution in [1.29, 1.82) is 0 Å². The quantitative estimate of drug-likeness (QED) is 0.260. The Labute approximate surface area is 176 Å². The molecule has 9 nitrogen and oxygen atoms in total. The van der Waals surface area contributed by atoms with Crippen molar-refractivity contribution in [3.63, 3.8) is 0 Å². The normalized spacial score (nSPS) is 11.1.